The maximum Gasteiger partial charge on any atom is 0.307 e. The molecule has 1 aliphatic heterocycles. The molecular formula is C24H28FN3O4. The van der Waals surface area contributed by atoms with E-state index in [1.807, 2.05) is 0 Å². The van der Waals surface area contributed by atoms with E-state index in [0.29, 0.717) is 17.7 Å². The Morgan fingerprint density at radius 3 is 2.44 bits per heavy atom. The summed E-state index contributed by atoms with van der Waals surface area (Å²) in [5.41, 5.74) is 6.29. The van der Waals surface area contributed by atoms with Crippen LogP contribution in [0.3, 0.4) is 0 Å². The molecule has 1 fully saturated rings. The van der Waals surface area contributed by atoms with Gasteiger partial charge in [-0.2, -0.15) is 0 Å². The molecular weight excluding hydrogens is 413 g/mol. The molecule has 3 rings (SSSR count). The van der Waals surface area contributed by atoms with Crippen molar-refractivity contribution in [3.05, 3.63) is 53.8 Å². The van der Waals surface area contributed by atoms with Crippen LogP contribution >= 0.6 is 0 Å². The van der Waals surface area contributed by atoms with E-state index in [2.05, 4.69) is 5.32 Å². The molecule has 0 bridgehead atoms. The fraction of sp³-hybridized carbons (Fsp3) is 0.375. The summed E-state index contributed by atoms with van der Waals surface area (Å²) in [5, 5.41) is 10.2. The van der Waals surface area contributed by atoms with E-state index in [9.17, 15) is 14.0 Å². The van der Waals surface area contributed by atoms with Crippen LogP contribution in [0.15, 0.2) is 42.5 Å². The lowest BCUT2D eigenvalue weighted by Gasteiger charge is -2.20. The van der Waals surface area contributed by atoms with Crippen molar-refractivity contribution in [3.8, 4) is 16.9 Å². The van der Waals surface area contributed by atoms with Crippen molar-refractivity contribution in [2.24, 2.45) is 11.7 Å². The fourth-order valence-corrected chi connectivity index (χ4v) is 3.55. The average molecular weight is 442 g/mol. The molecule has 0 aliphatic carbocycles. The summed E-state index contributed by atoms with van der Waals surface area (Å²) >= 11 is 0. The maximum absolute atomic E-state index is 14.1. The van der Waals surface area contributed by atoms with E-state index >= 15 is 0 Å². The Morgan fingerprint density at radius 1 is 1.19 bits per heavy atom. The number of halogens is 1. The highest BCUT2D eigenvalue weighted by molar-refractivity contribution is 5.95. The van der Waals surface area contributed by atoms with Crippen LogP contribution in [-0.2, 0) is 14.3 Å². The second-order valence-electron chi connectivity index (χ2n) is 8.87. The van der Waals surface area contributed by atoms with Crippen LogP contribution in [0.5, 0.6) is 5.75 Å². The molecule has 2 aromatic rings. The molecule has 32 heavy (non-hydrogen) atoms. The van der Waals surface area contributed by atoms with Gasteiger partial charge in [-0.3, -0.25) is 15.0 Å². The number of esters is 1. The number of ether oxygens (including phenoxy) is 2. The van der Waals surface area contributed by atoms with E-state index in [1.54, 1.807) is 51.1 Å². The third kappa shape index (κ3) is 6.06. The van der Waals surface area contributed by atoms with Crippen molar-refractivity contribution in [3.63, 3.8) is 0 Å². The minimum Gasteiger partial charge on any atom is -0.491 e. The maximum atomic E-state index is 14.1. The second kappa shape index (κ2) is 9.38. The Balaban J connectivity index is 1.53. The van der Waals surface area contributed by atoms with Gasteiger partial charge in [-0.25, -0.2) is 4.39 Å². The predicted octanol–water partition coefficient (Wildman–Crippen LogP) is 3.39. The highest BCUT2D eigenvalue weighted by Crippen LogP contribution is 2.26. The first-order valence-corrected chi connectivity index (χ1v) is 10.4. The number of hydrogen-bond donors (Lipinski definition) is 3. The zero-order valence-electron chi connectivity index (χ0n) is 18.4. The van der Waals surface area contributed by atoms with Crippen LogP contribution < -0.4 is 15.8 Å². The van der Waals surface area contributed by atoms with Crippen LogP contribution in [0.25, 0.3) is 11.1 Å². The van der Waals surface area contributed by atoms with E-state index < -0.39 is 17.3 Å². The number of benzene rings is 2. The van der Waals surface area contributed by atoms with Crippen molar-refractivity contribution in [2.45, 2.75) is 45.3 Å². The predicted molar refractivity (Wildman–Crippen MR) is 119 cm³/mol. The summed E-state index contributed by atoms with van der Waals surface area (Å²) in [6, 6.07) is 11.5. The Labute approximate surface area is 186 Å². The molecule has 0 unspecified atom stereocenters. The standard InChI is InChI=1S/C24H28FN3O4/c1-24(2,3)32-21(29)12-16-10-17(28-23(16)30)13-31-18-7-4-14(5-8-18)15-6-9-19(22(26)27)20(25)11-15/h4-9,11,16-17H,10,12-13H2,1-3H3,(H3,26,27)(H,28,30)/t16-,17-/m0/s1. The SMILES string of the molecule is CC(C)(C)OC(=O)C[C@@H]1C[C@@H](COc2ccc(-c3ccc(C(=N)N)c(F)c3)cc2)NC1=O. The van der Waals surface area contributed by atoms with Gasteiger partial charge in [0.25, 0.3) is 0 Å². The summed E-state index contributed by atoms with van der Waals surface area (Å²) in [6.45, 7) is 5.65. The summed E-state index contributed by atoms with van der Waals surface area (Å²) in [7, 11) is 0. The number of nitrogen functional groups attached to an aromatic ring is 1. The minimum atomic E-state index is -0.581. The monoisotopic (exact) mass is 441 g/mol. The molecule has 2 atom stereocenters. The van der Waals surface area contributed by atoms with Gasteiger partial charge in [0.05, 0.1) is 23.9 Å². The van der Waals surface area contributed by atoms with Crippen molar-refractivity contribution >= 4 is 17.7 Å². The van der Waals surface area contributed by atoms with Gasteiger partial charge in [0.1, 0.15) is 29.6 Å². The van der Waals surface area contributed by atoms with Crippen molar-refractivity contribution in [1.29, 1.82) is 5.41 Å². The zero-order valence-corrected chi connectivity index (χ0v) is 18.4. The van der Waals surface area contributed by atoms with Crippen molar-refractivity contribution < 1.29 is 23.5 Å². The molecule has 0 aromatic heterocycles. The topological polar surface area (TPSA) is 114 Å². The van der Waals surface area contributed by atoms with E-state index in [4.69, 9.17) is 20.6 Å². The van der Waals surface area contributed by atoms with E-state index in [0.717, 1.165) is 5.56 Å². The van der Waals surface area contributed by atoms with Gasteiger partial charge in [0.15, 0.2) is 0 Å². The number of nitrogens with one attached hydrogen (secondary N) is 2. The lowest BCUT2D eigenvalue weighted by atomic mass is 10.0. The molecule has 170 valence electrons. The number of hydrogen-bond acceptors (Lipinski definition) is 5. The van der Waals surface area contributed by atoms with E-state index in [-0.39, 0.29) is 42.3 Å². The highest BCUT2D eigenvalue weighted by atomic mass is 19.1. The fourth-order valence-electron chi connectivity index (χ4n) is 3.55. The summed E-state index contributed by atoms with van der Waals surface area (Å²) in [6.07, 6.45) is 0.547. The Kier molecular flexibility index (Phi) is 6.81. The lowest BCUT2D eigenvalue weighted by molar-refractivity contribution is -0.157. The summed E-state index contributed by atoms with van der Waals surface area (Å²) in [5.74, 6) is -1.23. The summed E-state index contributed by atoms with van der Waals surface area (Å²) < 4.78 is 25.2. The lowest BCUT2D eigenvalue weighted by Crippen LogP contribution is -2.31. The minimum absolute atomic E-state index is 0.0489. The van der Waals surface area contributed by atoms with Gasteiger partial charge in [0.2, 0.25) is 5.91 Å². The molecule has 0 radical (unpaired) electrons. The number of nitrogens with two attached hydrogens (primary N) is 1. The normalized spacial score (nSPS) is 18.2. The van der Waals surface area contributed by atoms with Crippen LogP contribution in [0.2, 0.25) is 0 Å². The molecule has 1 aliphatic rings. The first-order chi connectivity index (χ1) is 15.0. The Hall–Kier alpha value is -3.42. The van der Waals surface area contributed by atoms with Crippen molar-refractivity contribution in [2.75, 3.05) is 6.61 Å². The Morgan fingerprint density at radius 2 is 1.84 bits per heavy atom. The van der Waals surface area contributed by atoms with Gasteiger partial charge >= 0.3 is 5.97 Å². The molecule has 4 N–H and O–H groups in total. The molecule has 1 heterocycles. The van der Waals surface area contributed by atoms with Gasteiger partial charge < -0.3 is 20.5 Å². The number of carbonyl (C=O) groups excluding carboxylic acids is 2. The first-order valence-electron chi connectivity index (χ1n) is 10.4. The van der Waals surface area contributed by atoms with Gasteiger partial charge in [-0.05, 0) is 62.6 Å². The number of rotatable bonds is 7. The van der Waals surface area contributed by atoms with Crippen LogP contribution in [-0.4, -0.2) is 36.0 Å². The van der Waals surface area contributed by atoms with Crippen LogP contribution in [0, 0.1) is 17.1 Å². The van der Waals surface area contributed by atoms with Crippen LogP contribution in [0.1, 0.15) is 39.2 Å². The number of amidine groups is 1. The second-order valence-corrected chi connectivity index (χ2v) is 8.87. The molecule has 1 saturated heterocycles. The number of amides is 1. The highest BCUT2D eigenvalue weighted by Gasteiger charge is 2.35. The van der Waals surface area contributed by atoms with Gasteiger partial charge in [-0.1, -0.05) is 18.2 Å². The average Bonchev–Trinajstić information content (AvgIpc) is 3.04. The first kappa shape index (κ1) is 23.2. The Bertz CT molecular complexity index is 1010. The van der Waals surface area contributed by atoms with Gasteiger partial charge in [0, 0.05) is 0 Å². The smallest absolute Gasteiger partial charge is 0.307 e. The molecule has 0 saturated carbocycles. The third-order valence-corrected chi connectivity index (χ3v) is 5.02. The molecule has 7 nitrogen and oxygen atoms in total. The third-order valence-electron chi connectivity index (χ3n) is 5.02. The number of carbonyl (C=O) groups is 2. The molecule has 0 spiro atoms. The van der Waals surface area contributed by atoms with E-state index in [1.165, 1.54) is 12.1 Å². The quantitative estimate of drug-likeness (QED) is 0.346. The molecule has 2 aromatic carbocycles. The summed E-state index contributed by atoms with van der Waals surface area (Å²) in [4.78, 5) is 24.2. The van der Waals surface area contributed by atoms with Crippen LogP contribution in [0.4, 0.5) is 4.39 Å². The molecule has 1 amide bonds. The zero-order chi connectivity index (χ0) is 23.5. The van der Waals surface area contributed by atoms with Crippen molar-refractivity contribution in [1.82, 2.24) is 5.32 Å². The van der Waals surface area contributed by atoms with Gasteiger partial charge in [-0.15, -0.1) is 0 Å². The largest absolute Gasteiger partial charge is 0.491 e. The molecule has 8 heteroatoms.